The molecule has 0 aromatic heterocycles. The Labute approximate surface area is 441 Å². The molecule has 72 heavy (non-hydrogen) atoms. The average molecular weight is 1050 g/mol. The first-order chi connectivity index (χ1) is 35.0. The molecule has 1 saturated heterocycles. The van der Waals surface area contributed by atoms with Crippen LogP contribution in [0.3, 0.4) is 0 Å². The highest BCUT2D eigenvalue weighted by atomic mass is 32.2. The Morgan fingerprint density at radius 1 is 0.458 bits per heavy atom. The molecule has 1 aliphatic heterocycles. The molecular weight excluding hydrogens is 933 g/mol. The minimum Gasteiger partial charge on any atom is -0.462 e. The molecule has 1 aliphatic rings. The molecule has 13 heteroatoms. The van der Waals surface area contributed by atoms with Gasteiger partial charge < -0.3 is 34.3 Å². The van der Waals surface area contributed by atoms with Crippen molar-refractivity contribution in [1.29, 1.82) is 0 Å². The lowest BCUT2D eigenvalue weighted by molar-refractivity contribution is -0.297. The number of carbonyl (C=O) groups excluding carboxylic acids is 2. The summed E-state index contributed by atoms with van der Waals surface area (Å²) in [7, 11) is -4.61. The van der Waals surface area contributed by atoms with Gasteiger partial charge in [0, 0.05) is 12.8 Å². The maximum atomic E-state index is 12.9. The summed E-state index contributed by atoms with van der Waals surface area (Å²) in [6, 6.07) is 0. The van der Waals surface area contributed by atoms with Crippen LogP contribution < -0.4 is 0 Å². The van der Waals surface area contributed by atoms with Crippen LogP contribution in [0.5, 0.6) is 0 Å². The number of esters is 2. The molecule has 426 valence electrons. The lowest BCUT2D eigenvalue weighted by atomic mass is 10.00. The van der Waals surface area contributed by atoms with Crippen LogP contribution in [0.1, 0.15) is 296 Å². The SMILES string of the molecule is CCCCCCCCCC/C=C\CCCCCCCCCCCC(=O)OC(COC(=O)CCCCCCCCCCCCCCCCCCCCCCCCC)COC1OC(CS(=O)(=O)O)C(O)C(O)C1O. The van der Waals surface area contributed by atoms with Gasteiger partial charge in [0.1, 0.15) is 36.8 Å². The normalized spacial score (nSPS) is 18.8. The van der Waals surface area contributed by atoms with Gasteiger partial charge in [-0.1, -0.05) is 257 Å². The first-order valence-corrected chi connectivity index (χ1v) is 31.9. The van der Waals surface area contributed by atoms with Crippen molar-refractivity contribution in [2.45, 2.75) is 333 Å². The predicted molar refractivity (Wildman–Crippen MR) is 294 cm³/mol. The molecule has 0 amide bonds. The zero-order valence-electron chi connectivity index (χ0n) is 46.3. The van der Waals surface area contributed by atoms with Gasteiger partial charge in [-0.05, 0) is 38.5 Å². The van der Waals surface area contributed by atoms with Gasteiger partial charge in [0.2, 0.25) is 0 Å². The van der Waals surface area contributed by atoms with Crippen molar-refractivity contribution in [3.05, 3.63) is 12.2 Å². The fraction of sp³-hybridized carbons (Fsp3) is 0.932. The standard InChI is InChI=1S/C59H112O12S/c1-3-5-7-9-11-13-15-17-19-21-23-25-26-28-29-31-33-35-37-39-41-43-45-47-54(60)68-49-52(50-69-59-58(64)57(63)56(62)53(71-59)51-72(65,66)67)70-55(61)48-46-44-42-40-38-36-34-32-30-27-24-22-20-18-16-14-12-10-8-6-4-2/h22,24,52-53,56-59,62-64H,3-21,23,25-51H2,1-2H3,(H,65,66,67)/b24-22-. The maximum Gasteiger partial charge on any atom is 0.306 e. The Bertz CT molecular complexity index is 1360. The first kappa shape index (κ1) is 68.4. The lowest BCUT2D eigenvalue weighted by Gasteiger charge is -2.40. The fourth-order valence-electron chi connectivity index (χ4n) is 9.68. The van der Waals surface area contributed by atoms with Crippen molar-refractivity contribution in [2.24, 2.45) is 0 Å². The van der Waals surface area contributed by atoms with E-state index in [0.717, 1.165) is 38.5 Å². The highest BCUT2D eigenvalue weighted by Crippen LogP contribution is 2.24. The molecule has 1 rings (SSSR count). The molecule has 1 fully saturated rings. The number of aliphatic hydroxyl groups excluding tert-OH is 3. The van der Waals surface area contributed by atoms with Crippen molar-refractivity contribution < 1.29 is 56.8 Å². The number of unbranched alkanes of at least 4 members (excludes halogenated alkanes) is 39. The fourth-order valence-corrected chi connectivity index (χ4v) is 10.4. The molecule has 1 heterocycles. The van der Waals surface area contributed by atoms with Gasteiger partial charge in [-0.2, -0.15) is 8.42 Å². The van der Waals surface area contributed by atoms with E-state index in [4.69, 9.17) is 18.9 Å². The van der Waals surface area contributed by atoms with E-state index in [1.54, 1.807) is 0 Å². The Balaban J connectivity index is 2.27. The number of allylic oxidation sites excluding steroid dienone is 2. The third-order valence-electron chi connectivity index (χ3n) is 14.3. The molecule has 4 N–H and O–H groups in total. The largest absolute Gasteiger partial charge is 0.462 e. The molecule has 6 unspecified atom stereocenters. The third-order valence-corrected chi connectivity index (χ3v) is 15.1. The summed E-state index contributed by atoms with van der Waals surface area (Å²) < 4.78 is 54.5. The van der Waals surface area contributed by atoms with Gasteiger partial charge in [-0.15, -0.1) is 0 Å². The molecule has 12 nitrogen and oxygen atoms in total. The lowest BCUT2D eigenvalue weighted by Crippen LogP contribution is -2.60. The van der Waals surface area contributed by atoms with E-state index < -0.39 is 71.2 Å². The molecule has 0 saturated carbocycles. The number of carbonyl (C=O) groups is 2. The minimum absolute atomic E-state index is 0.167. The van der Waals surface area contributed by atoms with Crippen LogP contribution in [0.2, 0.25) is 0 Å². The Morgan fingerprint density at radius 3 is 1.15 bits per heavy atom. The number of hydrogen-bond acceptors (Lipinski definition) is 11. The summed E-state index contributed by atoms with van der Waals surface area (Å²) in [6.45, 7) is 3.83. The quantitative estimate of drug-likeness (QED) is 0.0196. The highest BCUT2D eigenvalue weighted by Gasteiger charge is 2.46. The third kappa shape index (κ3) is 42.6. The van der Waals surface area contributed by atoms with Crippen LogP contribution in [0.4, 0.5) is 0 Å². The number of rotatable bonds is 53. The number of aliphatic hydroxyl groups is 3. The van der Waals surface area contributed by atoms with E-state index in [2.05, 4.69) is 26.0 Å². The van der Waals surface area contributed by atoms with Crippen LogP contribution in [-0.4, -0.2) is 96.0 Å². The Kier molecular flexibility index (Phi) is 46.5. The maximum absolute atomic E-state index is 12.9. The minimum atomic E-state index is -4.61. The Morgan fingerprint density at radius 2 is 0.792 bits per heavy atom. The average Bonchev–Trinajstić information content (AvgIpc) is 3.35. The van der Waals surface area contributed by atoms with E-state index in [1.807, 2.05) is 0 Å². The van der Waals surface area contributed by atoms with Crippen molar-refractivity contribution >= 4 is 22.1 Å². The second-order valence-corrected chi connectivity index (χ2v) is 22.9. The van der Waals surface area contributed by atoms with E-state index in [-0.39, 0.29) is 19.4 Å². The van der Waals surface area contributed by atoms with Crippen LogP contribution >= 0.6 is 0 Å². The van der Waals surface area contributed by atoms with Crippen LogP contribution in [0.15, 0.2) is 12.2 Å². The van der Waals surface area contributed by atoms with E-state index in [1.165, 1.54) is 218 Å². The Hall–Kier alpha value is -1.61. The van der Waals surface area contributed by atoms with Gasteiger partial charge in [-0.3, -0.25) is 14.1 Å². The monoisotopic (exact) mass is 1040 g/mol. The number of ether oxygens (including phenoxy) is 4. The number of hydrogen-bond donors (Lipinski definition) is 4. The zero-order valence-corrected chi connectivity index (χ0v) is 47.1. The van der Waals surface area contributed by atoms with E-state index in [9.17, 15) is 37.9 Å². The van der Waals surface area contributed by atoms with Crippen molar-refractivity contribution in [3.8, 4) is 0 Å². The first-order valence-electron chi connectivity index (χ1n) is 30.2. The van der Waals surface area contributed by atoms with Crippen LogP contribution in [0.25, 0.3) is 0 Å². The summed E-state index contributed by atoms with van der Waals surface area (Å²) >= 11 is 0. The van der Waals surface area contributed by atoms with Gasteiger partial charge >= 0.3 is 11.9 Å². The summed E-state index contributed by atoms with van der Waals surface area (Å²) in [4.78, 5) is 25.7. The van der Waals surface area contributed by atoms with E-state index >= 15 is 0 Å². The summed E-state index contributed by atoms with van der Waals surface area (Å²) in [5, 5.41) is 31.1. The molecule has 0 radical (unpaired) electrons. The molecule has 0 aliphatic carbocycles. The molecule has 0 aromatic rings. The highest BCUT2D eigenvalue weighted by molar-refractivity contribution is 7.85. The van der Waals surface area contributed by atoms with E-state index in [0.29, 0.717) is 12.8 Å². The summed E-state index contributed by atoms with van der Waals surface area (Å²) in [5.74, 6) is -1.96. The van der Waals surface area contributed by atoms with Crippen LogP contribution in [-0.2, 0) is 38.7 Å². The second kappa shape index (κ2) is 49.0. The molecule has 0 aromatic carbocycles. The van der Waals surface area contributed by atoms with Gasteiger partial charge in [0.15, 0.2) is 12.4 Å². The smallest absolute Gasteiger partial charge is 0.306 e. The van der Waals surface area contributed by atoms with Gasteiger partial charge in [0.05, 0.1) is 6.61 Å². The zero-order chi connectivity index (χ0) is 52.6. The molecule has 0 spiro atoms. The van der Waals surface area contributed by atoms with Crippen molar-refractivity contribution in [1.82, 2.24) is 0 Å². The molecule has 6 atom stereocenters. The van der Waals surface area contributed by atoms with Crippen molar-refractivity contribution in [3.63, 3.8) is 0 Å². The molecule has 0 bridgehead atoms. The van der Waals surface area contributed by atoms with Crippen molar-refractivity contribution in [2.75, 3.05) is 19.0 Å². The second-order valence-electron chi connectivity index (χ2n) is 21.4. The topological polar surface area (TPSA) is 186 Å². The van der Waals surface area contributed by atoms with Gasteiger partial charge in [-0.25, -0.2) is 0 Å². The summed E-state index contributed by atoms with van der Waals surface area (Å²) in [6.07, 6.45) is 48.3. The van der Waals surface area contributed by atoms with Crippen LogP contribution in [0, 0.1) is 0 Å². The van der Waals surface area contributed by atoms with Gasteiger partial charge in [0.25, 0.3) is 10.1 Å². The molecular formula is C59H112O12S. The summed E-state index contributed by atoms with van der Waals surface area (Å²) in [5.41, 5.74) is 0. The predicted octanol–water partition coefficient (Wildman–Crippen LogP) is 14.9.